The van der Waals surface area contributed by atoms with Gasteiger partial charge in [0.25, 0.3) is 0 Å². The summed E-state index contributed by atoms with van der Waals surface area (Å²) in [4.78, 5) is 2.18. The van der Waals surface area contributed by atoms with Crippen LogP contribution in [0, 0.1) is 0 Å². The van der Waals surface area contributed by atoms with Gasteiger partial charge in [-0.05, 0) is 6.42 Å². The maximum absolute atomic E-state index is 5.63. The Morgan fingerprint density at radius 2 is 2.44 bits per heavy atom. The van der Waals surface area contributed by atoms with E-state index in [1.807, 2.05) is 11.8 Å². The highest BCUT2D eigenvalue weighted by atomic mass is 35.5. The first-order valence-corrected chi connectivity index (χ1v) is 7.16. The standard InChI is InChI=1S/C10H16ClN3OS/c1-2-8-7-14(5-6-16-8)10-13-12-9(15-10)3-4-11/h8H,2-7H2,1H3. The van der Waals surface area contributed by atoms with E-state index in [9.17, 15) is 0 Å². The van der Waals surface area contributed by atoms with Crippen LogP contribution in [-0.2, 0) is 6.42 Å². The third kappa shape index (κ3) is 2.83. The highest BCUT2D eigenvalue weighted by Gasteiger charge is 2.22. The van der Waals surface area contributed by atoms with Gasteiger partial charge in [-0.15, -0.1) is 16.7 Å². The molecule has 2 heterocycles. The fourth-order valence-corrected chi connectivity index (χ4v) is 3.04. The molecule has 0 aliphatic carbocycles. The SMILES string of the molecule is CCC1CN(c2nnc(CCCl)o2)CCS1. The first kappa shape index (κ1) is 12.0. The number of halogens is 1. The maximum atomic E-state index is 5.63. The van der Waals surface area contributed by atoms with Crippen molar-refractivity contribution < 1.29 is 4.42 Å². The van der Waals surface area contributed by atoms with Crippen LogP contribution in [0.5, 0.6) is 0 Å². The summed E-state index contributed by atoms with van der Waals surface area (Å²) in [7, 11) is 0. The Kier molecular flexibility index (Phi) is 4.35. The Balaban J connectivity index is 1.99. The molecule has 0 saturated carbocycles. The zero-order valence-electron chi connectivity index (χ0n) is 9.36. The molecule has 0 amide bonds. The minimum Gasteiger partial charge on any atom is -0.408 e. The van der Waals surface area contributed by atoms with Crippen molar-refractivity contribution in [3.8, 4) is 0 Å². The van der Waals surface area contributed by atoms with Crippen molar-refractivity contribution in [1.82, 2.24) is 10.2 Å². The van der Waals surface area contributed by atoms with Gasteiger partial charge in [0.1, 0.15) is 0 Å². The smallest absolute Gasteiger partial charge is 0.318 e. The van der Waals surface area contributed by atoms with Gasteiger partial charge in [0, 0.05) is 36.4 Å². The van der Waals surface area contributed by atoms with Gasteiger partial charge < -0.3 is 9.32 Å². The molecule has 1 aromatic rings. The number of thioether (sulfide) groups is 1. The van der Waals surface area contributed by atoms with Crippen molar-refractivity contribution in [2.75, 3.05) is 29.6 Å². The van der Waals surface area contributed by atoms with Crippen LogP contribution in [0.1, 0.15) is 19.2 Å². The van der Waals surface area contributed by atoms with E-state index >= 15 is 0 Å². The van der Waals surface area contributed by atoms with Crippen molar-refractivity contribution in [1.29, 1.82) is 0 Å². The molecular formula is C10H16ClN3OS. The molecule has 0 spiro atoms. The number of hydrogen-bond acceptors (Lipinski definition) is 5. The van der Waals surface area contributed by atoms with Crippen LogP contribution >= 0.6 is 23.4 Å². The number of nitrogens with zero attached hydrogens (tertiary/aromatic N) is 3. The first-order chi connectivity index (χ1) is 7.83. The summed E-state index contributed by atoms with van der Waals surface area (Å²) in [5.74, 6) is 2.29. The van der Waals surface area contributed by atoms with Gasteiger partial charge in [0.05, 0.1) is 0 Å². The van der Waals surface area contributed by atoms with Crippen molar-refractivity contribution in [2.45, 2.75) is 25.0 Å². The highest BCUT2D eigenvalue weighted by molar-refractivity contribution is 8.00. The van der Waals surface area contributed by atoms with Crippen molar-refractivity contribution in [3.63, 3.8) is 0 Å². The van der Waals surface area contributed by atoms with Crippen molar-refractivity contribution in [2.24, 2.45) is 0 Å². The van der Waals surface area contributed by atoms with E-state index in [0.29, 0.717) is 29.5 Å². The number of rotatable bonds is 4. The molecule has 90 valence electrons. The Morgan fingerprint density at radius 3 is 3.19 bits per heavy atom. The number of aryl methyl sites for hydroxylation is 1. The molecule has 6 heteroatoms. The van der Waals surface area contributed by atoms with Crippen LogP contribution in [0.2, 0.25) is 0 Å². The zero-order chi connectivity index (χ0) is 11.4. The lowest BCUT2D eigenvalue weighted by molar-refractivity contribution is 0.487. The third-order valence-electron chi connectivity index (χ3n) is 2.63. The lowest BCUT2D eigenvalue weighted by Crippen LogP contribution is -2.37. The summed E-state index contributed by atoms with van der Waals surface area (Å²) < 4.78 is 5.57. The Bertz CT molecular complexity index is 334. The second-order valence-corrected chi connectivity index (χ2v) is 5.55. The van der Waals surface area contributed by atoms with Crippen LogP contribution in [0.25, 0.3) is 0 Å². The minimum atomic E-state index is 0.523. The molecule has 1 saturated heterocycles. The molecule has 1 aromatic heterocycles. The van der Waals surface area contributed by atoms with E-state index in [2.05, 4.69) is 22.0 Å². The van der Waals surface area contributed by atoms with E-state index in [1.165, 1.54) is 6.42 Å². The van der Waals surface area contributed by atoms with E-state index < -0.39 is 0 Å². The molecule has 4 nitrogen and oxygen atoms in total. The van der Waals surface area contributed by atoms with E-state index in [4.69, 9.17) is 16.0 Å². The topological polar surface area (TPSA) is 42.2 Å². The molecule has 1 aliphatic heterocycles. The molecule has 1 fully saturated rings. The largest absolute Gasteiger partial charge is 0.408 e. The average molecular weight is 262 g/mol. The van der Waals surface area contributed by atoms with E-state index in [0.717, 1.165) is 18.8 Å². The molecule has 16 heavy (non-hydrogen) atoms. The number of anilines is 1. The van der Waals surface area contributed by atoms with Gasteiger partial charge in [-0.3, -0.25) is 0 Å². The molecule has 2 rings (SSSR count). The molecule has 1 unspecified atom stereocenters. The van der Waals surface area contributed by atoms with Crippen molar-refractivity contribution in [3.05, 3.63) is 5.89 Å². The van der Waals surface area contributed by atoms with Crippen LogP contribution in [0.3, 0.4) is 0 Å². The monoisotopic (exact) mass is 261 g/mol. The fourth-order valence-electron chi connectivity index (χ4n) is 1.69. The molecule has 0 bridgehead atoms. The van der Waals surface area contributed by atoms with Gasteiger partial charge in [0.15, 0.2) is 0 Å². The third-order valence-corrected chi connectivity index (χ3v) is 4.19. The predicted octanol–water partition coefficient (Wildman–Crippen LogP) is 2.18. The summed E-state index contributed by atoms with van der Waals surface area (Å²) in [6.45, 7) is 4.21. The number of aromatic nitrogens is 2. The number of hydrogen-bond donors (Lipinski definition) is 0. The summed E-state index contributed by atoms with van der Waals surface area (Å²) >= 11 is 7.66. The Hall–Kier alpha value is -0.420. The zero-order valence-corrected chi connectivity index (χ0v) is 10.9. The van der Waals surface area contributed by atoms with E-state index in [1.54, 1.807) is 0 Å². The molecular weight excluding hydrogens is 246 g/mol. The lowest BCUT2D eigenvalue weighted by atomic mass is 10.3. The van der Waals surface area contributed by atoms with Gasteiger partial charge in [-0.2, -0.15) is 11.8 Å². The minimum absolute atomic E-state index is 0.523. The first-order valence-electron chi connectivity index (χ1n) is 5.58. The average Bonchev–Trinajstić information content (AvgIpc) is 2.78. The Morgan fingerprint density at radius 1 is 1.56 bits per heavy atom. The van der Waals surface area contributed by atoms with Crippen LogP contribution < -0.4 is 4.90 Å². The molecule has 0 aromatic carbocycles. The van der Waals surface area contributed by atoms with Gasteiger partial charge in [0.2, 0.25) is 5.89 Å². The van der Waals surface area contributed by atoms with Gasteiger partial charge >= 0.3 is 6.01 Å². The van der Waals surface area contributed by atoms with Gasteiger partial charge in [-0.1, -0.05) is 12.0 Å². The molecule has 1 aliphatic rings. The normalized spacial score (nSPS) is 21.4. The van der Waals surface area contributed by atoms with Crippen LogP contribution in [0.4, 0.5) is 6.01 Å². The molecule has 0 radical (unpaired) electrons. The quantitative estimate of drug-likeness (QED) is 0.778. The number of alkyl halides is 1. The van der Waals surface area contributed by atoms with E-state index in [-0.39, 0.29) is 0 Å². The second kappa shape index (κ2) is 5.77. The molecule has 0 N–H and O–H groups in total. The predicted molar refractivity (Wildman–Crippen MR) is 67.5 cm³/mol. The maximum Gasteiger partial charge on any atom is 0.318 e. The van der Waals surface area contributed by atoms with Gasteiger partial charge in [-0.25, -0.2) is 0 Å². The summed E-state index contributed by atoms with van der Waals surface area (Å²) in [6.07, 6.45) is 1.83. The highest BCUT2D eigenvalue weighted by Crippen LogP contribution is 2.24. The Labute approximate surface area is 105 Å². The molecule has 1 atom stereocenters. The lowest BCUT2D eigenvalue weighted by Gasteiger charge is -2.30. The second-order valence-electron chi connectivity index (χ2n) is 3.76. The fraction of sp³-hybridized carbons (Fsp3) is 0.800. The van der Waals surface area contributed by atoms with Crippen molar-refractivity contribution >= 4 is 29.4 Å². The summed E-state index contributed by atoms with van der Waals surface area (Å²) in [5, 5.41) is 8.73. The summed E-state index contributed by atoms with van der Waals surface area (Å²) in [6, 6.07) is 0.652. The van der Waals surface area contributed by atoms with Crippen LogP contribution in [-0.4, -0.2) is 40.2 Å². The van der Waals surface area contributed by atoms with Crippen LogP contribution in [0.15, 0.2) is 4.42 Å². The summed E-state index contributed by atoms with van der Waals surface area (Å²) in [5.41, 5.74) is 0.